The maximum absolute atomic E-state index is 14.6. The van der Waals surface area contributed by atoms with E-state index in [1.165, 1.54) is 46.6 Å². The molecule has 5 aliphatic rings. The lowest BCUT2D eigenvalue weighted by atomic mass is 9.86. The smallest absolute Gasteiger partial charge is 0.261 e. The van der Waals surface area contributed by atoms with Crippen LogP contribution in [-0.4, -0.2) is 44.5 Å². The average molecular weight is 786 g/mol. The summed E-state index contributed by atoms with van der Waals surface area (Å²) in [6.45, 7) is 2.25. The molecule has 13 heteroatoms. The number of fused-ring (bicyclic) bond motifs is 4. The van der Waals surface area contributed by atoms with Gasteiger partial charge in [0.25, 0.3) is 5.91 Å². The molecular weight excluding hydrogens is 747 g/mol. The number of carbonyl (C=O) groups is 2. The molecule has 7 nitrogen and oxygen atoms in total. The summed E-state index contributed by atoms with van der Waals surface area (Å²) in [4.78, 5) is 24.5. The SMILES string of the molecule is CC(=O)N1N=C(c2cc(F)ccc2F)SC12CCCc1ccccc12.O=C(C1CCCCN1)N1N=C(c2cc(F)ccc2F)SC12CCCc1ccccc12. The molecule has 3 heterocycles. The Morgan fingerprint density at radius 2 is 1.20 bits per heavy atom. The molecule has 0 saturated carbocycles. The van der Waals surface area contributed by atoms with Gasteiger partial charge in [0.1, 0.15) is 43.1 Å². The quantitative estimate of drug-likeness (QED) is 0.210. The number of amides is 2. The fourth-order valence-electron chi connectivity index (χ4n) is 8.29. The second-order valence-electron chi connectivity index (χ2n) is 14.3. The Kier molecular flexibility index (Phi) is 10.4. The lowest BCUT2D eigenvalue weighted by Gasteiger charge is -2.41. The van der Waals surface area contributed by atoms with E-state index in [2.05, 4.69) is 27.7 Å². The molecule has 3 atom stereocenters. The molecule has 284 valence electrons. The maximum atomic E-state index is 14.6. The van der Waals surface area contributed by atoms with E-state index in [0.29, 0.717) is 10.1 Å². The lowest BCUT2D eigenvalue weighted by Crippen LogP contribution is -2.52. The summed E-state index contributed by atoms with van der Waals surface area (Å²) < 4.78 is 56.3. The first-order valence-electron chi connectivity index (χ1n) is 18.6. The van der Waals surface area contributed by atoms with Gasteiger partial charge in [-0.25, -0.2) is 27.6 Å². The number of nitrogens with one attached hydrogen (secondary N) is 1. The third kappa shape index (κ3) is 6.88. The van der Waals surface area contributed by atoms with Crippen molar-refractivity contribution in [2.75, 3.05) is 6.54 Å². The topological polar surface area (TPSA) is 77.4 Å². The summed E-state index contributed by atoms with van der Waals surface area (Å²) in [5, 5.41) is 16.0. The number of rotatable bonds is 3. The molecule has 1 fully saturated rings. The number of carbonyl (C=O) groups excluding carboxylic acids is 2. The van der Waals surface area contributed by atoms with E-state index in [9.17, 15) is 27.2 Å². The van der Waals surface area contributed by atoms with Crippen molar-refractivity contribution in [1.82, 2.24) is 15.3 Å². The Morgan fingerprint density at radius 3 is 1.71 bits per heavy atom. The molecule has 3 unspecified atom stereocenters. The number of nitrogens with zero attached hydrogens (tertiary/aromatic N) is 4. The minimum absolute atomic E-state index is 0.0919. The fraction of sp³-hybridized carbons (Fsp3) is 0.333. The molecule has 2 spiro atoms. The number of halogens is 4. The van der Waals surface area contributed by atoms with Gasteiger partial charge in [0.15, 0.2) is 0 Å². The third-order valence-corrected chi connectivity index (χ3v) is 13.7. The van der Waals surface area contributed by atoms with Crippen molar-refractivity contribution in [1.29, 1.82) is 0 Å². The zero-order valence-corrected chi connectivity index (χ0v) is 31.8. The minimum Gasteiger partial charge on any atom is -0.306 e. The highest BCUT2D eigenvalue weighted by molar-refractivity contribution is 8.15. The number of piperidine rings is 1. The number of hydrazone groups is 2. The Bertz CT molecular complexity index is 2230. The van der Waals surface area contributed by atoms with Crippen molar-refractivity contribution < 1.29 is 27.2 Å². The second-order valence-corrected chi connectivity index (χ2v) is 16.9. The number of hydrogen-bond donors (Lipinski definition) is 1. The van der Waals surface area contributed by atoms with Crippen molar-refractivity contribution in [2.24, 2.45) is 10.2 Å². The molecule has 4 aromatic carbocycles. The molecule has 9 rings (SSSR count). The lowest BCUT2D eigenvalue weighted by molar-refractivity contribution is -0.138. The van der Waals surface area contributed by atoms with Crippen molar-refractivity contribution >= 4 is 45.4 Å². The standard InChI is InChI=1S/C23H23F2N3OS.C19H16F2N2OS/c24-16-10-11-19(25)17(14-16)21-27-28(22(29)20-9-3-4-13-26-20)23(30-21)12-5-7-15-6-1-2-8-18(15)23;1-12(24)23-19(10-4-6-13-5-2-3-7-16(13)19)25-18(22-23)15-11-14(20)8-9-17(15)21/h1-2,6,8,10-11,14,20,26H,3-5,7,9,12-13H2;2-3,5,7-9,11H,4,6,10H2,1H3. The van der Waals surface area contributed by atoms with Gasteiger partial charge in [0.2, 0.25) is 5.91 Å². The summed E-state index contributed by atoms with van der Waals surface area (Å²) in [7, 11) is 0. The van der Waals surface area contributed by atoms with Crippen LogP contribution in [0.5, 0.6) is 0 Å². The van der Waals surface area contributed by atoms with E-state index < -0.39 is 33.0 Å². The molecule has 2 aliphatic carbocycles. The molecule has 2 amide bonds. The van der Waals surface area contributed by atoms with Gasteiger partial charge in [-0.15, -0.1) is 0 Å². The van der Waals surface area contributed by atoms with Gasteiger partial charge in [-0.05, 0) is 117 Å². The number of aryl methyl sites for hydroxylation is 2. The Hall–Kier alpha value is -4.46. The third-order valence-electron chi connectivity index (χ3n) is 10.8. The van der Waals surface area contributed by atoms with Crippen LogP contribution in [0.3, 0.4) is 0 Å². The summed E-state index contributed by atoms with van der Waals surface area (Å²) in [5.41, 5.74) is 4.62. The van der Waals surface area contributed by atoms with Crippen molar-refractivity contribution in [3.05, 3.63) is 142 Å². The zero-order chi connectivity index (χ0) is 38.3. The highest BCUT2D eigenvalue weighted by Gasteiger charge is 2.52. The van der Waals surface area contributed by atoms with Gasteiger partial charge in [-0.3, -0.25) is 9.59 Å². The number of hydrogen-bond acceptors (Lipinski definition) is 7. The van der Waals surface area contributed by atoms with E-state index in [1.807, 2.05) is 36.4 Å². The van der Waals surface area contributed by atoms with Crippen LogP contribution >= 0.6 is 23.5 Å². The molecule has 0 radical (unpaired) electrons. The molecule has 0 bridgehead atoms. The zero-order valence-electron chi connectivity index (χ0n) is 30.2. The summed E-state index contributed by atoms with van der Waals surface area (Å²) in [6.07, 6.45) is 7.92. The first-order valence-corrected chi connectivity index (χ1v) is 20.2. The van der Waals surface area contributed by atoms with E-state index in [0.717, 1.165) is 112 Å². The van der Waals surface area contributed by atoms with Gasteiger partial charge in [-0.1, -0.05) is 78.5 Å². The van der Waals surface area contributed by atoms with Crippen LogP contribution in [0.25, 0.3) is 0 Å². The van der Waals surface area contributed by atoms with Crippen molar-refractivity contribution in [3.8, 4) is 0 Å². The largest absolute Gasteiger partial charge is 0.306 e. The summed E-state index contributed by atoms with van der Waals surface area (Å²) in [6, 6.07) is 22.4. The van der Waals surface area contributed by atoms with Crippen molar-refractivity contribution in [2.45, 2.75) is 80.5 Å². The predicted octanol–water partition coefficient (Wildman–Crippen LogP) is 8.94. The maximum Gasteiger partial charge on any atom is 0.261 e. The van der Waals surface area contributed by atoms with Gasteiger partial charge in [-0.2, -0.15) is 10.2 Å². The van der Waals surface area contributed by atoms with Crippen LogP contribution in [0.4, 0.5) is 17.6 Å². The van der Waals surface area contributed by atoms with E-state index in [1.54, 1.807) is 5.01 Å². The van der Waals surface area contributed by atoms with Crippen LogP contribution in [0.2, 0.25) is 0 Å². The Morgan fingerprint density at radius 1 is 0.691 bits per heavy atom. The first kappa shape index (κ1) is 37.5. The Labute approximate surface area is 325 Å². The second kappa shape index (κ2) is 15.2. The number of thioether (sulfide) groups is 2. The summed E-state index contributed by atoms with van der Waals surface area (Å²) in [5.74, 6) is -2.43. The molecular formula is C42H39F4N5O2S2. The van der Waals surface area contributed by atoms with Crippen LogP contribution in [0.15, 0.2) is 95.1 Å². The van der Waals surface area contributed by atoms with E-state index >= 15 is 0 Å². The number of benzene rings is 4. The van der Waals surface area contributed by atoms with Gasteiger partial charge in [0, 0.05) is 18.1 Å². The minimum atomic E-state index is -0.723. The van der Waals surface area contributed by atoms with Gasteiger partial charge >= 0.3 is 0 Å². The fourth-order valence-corrected chi connectivity index (χ4v) is 11.3. The Balaban J connectivity index is 0.000000158. The predicted molar refractivity (Wildman–Crippen MR) is 208 cm³/mol. The van der Waals surface area contributed by atoms with Crippen molar-refractivity contribution in [3.63, 3.8) is 0 Å². The summed E-state index contributed by atoms with van der Waals surface area (Å²) >= 11 is 2.71. The highest BCUT2D eigenvalue weighted by Crippen LogP contribution is 2.55. The van der Waals surface area contributed by atoms with E-state index in [4.69, 9.17) is 0 Å². The van der Waals surface area contributed by atoms with Crippen LogP contribution in [0, 0.1) is 23.3 Å². The van der Waals surface area contributed by atoms with Gasteiger partial charge in [0.05, 0.1) is 6.04 Å². The monoisotopic (exact) mass is 785 g/mol. The normalized spacial score (nSPS) is 24.1. The first-order chi connectivity index (χ1) is 26.6. The molecule has 1 N–H and O–H groups in total. The molecule has 0 aromatic heterocycles. The highest BCUT2D eigenvalue weighted by atomic mass is 32.2. The average Bonchev–Trinajstić information content (AvgIpc) is 3.77. The van der Waals surface area contributed by atoms with Crippen LogP contribution < -0.4 is 5.32 Å². The molecule has 1 saturated heterocycles. The van der Waals surface area contributed by atoms with Crippen LogP contribution in [0.1, 0.15) is 85.3 Å². The van der Waals surface area contributed by atoms with Crippen LogP contribution in [-0.2, 0) is 32.2 Å². The van der Waals surface area contributed by atoms with E-state index in [-0.39, 0.29) is 29.0 Å². The molecule has 4 aromatic rings. The van der Waals surface area contributed by atoms with Gasteiger partial charge < -0.3 is 5.32 Å². The molecule has 55 heavy (non-hydrogen) atoms. The molecule has 3 aliphatic heterocycles.